The van der Waals surface area contributed by atoms with Crippen molar-refractivity contribution >= 4 is 17.3 Å². The molecule has 0 aliphatic heterocycles. The van der Waals surface area contributed by atoms with Crippen LogP contribution < -0.4 is 5.32 Å². The van der Waals surface area contributed by atoms with Crippen molar-refractivity contribution in [3.05, 3.63) is 47.5 Å². The first-order valence-corrected chi connectivity index (χ1v) is 6.16. The fourth-order valence-corrected chi connectivity index (χ4v) is 1.89. The van der Waals surface area contributed by atoms with Crippen molar-refractivity contribution in [2.45, 2.75) is 26.4 Å². The molecular weight excluding hydrogens is 234 g/mol. The lowest BCUT2D eigenvalue weighted by molar-refractivity contribution is 0.682. The average molecular weight is 250 g/mol. The van der Waals surface area contributed by atoms with Gasteiger partial charge in [0.15, 0.2) is 5.15 Å². The highest BCUT2D eigenvalue weighted by Gasteiger charge is 2.00. The minimum Gasteiger partial charge on any atom is -0.378 e. The van der Waals surface area contributed by atoms with Gasteiger partial charge in [0.2, 0.25) is 0 Å². The Morgan fingerprint density at radius 2 is 2.29 bits per heavy atom. The summed E-state index contributed by atoms with van der Waals surface area (Å²) in [7, 11) is 0. The van der Waals surface area contributed by atoms with E-state index in [-0.39, 0.29) is 0 Å². The molecule has 0 fully saturated rings. The average Bonchev–Trinajstić information content (AvgIpc) is 2.76. The Bertz CT molecular complexity index is 479. The summed E-state index contributed by atoms with van der Waals surface area (Å²) >= 11 is 5.97. The van der Waals surface area contributed by atoms with Crippen molar-refractivity contribution in [3.63, 3.8) is 0 Å². The number of aryl methyl sites for hydroxylation is 1. The van der Waals surface area contributed by atoms with Crippen LogP contribution in [0, 0.1) is 0 Å². The number of nitrogens with zero attached hydrogens (tertiary/aromatic N) is 2. The third kappa shape index (κ3) is 3.24. The first kappa shape index (κ1) is 12.0. The Hall–Kier alpha value is -1.48. The molecule has 0 bridgehead atoms. The zero-order valence-electron chi connectivity index (χ0n) is 9.86. The molecule has 1 N–H and O–H groups in total. The number of nitrogens with one attached hydrogen (secondary N) is 1. The third-order valence-electron chi connectivity index (χ3n) is 2.54. The SMILES string of the molecule is CCCn1ccc(CNc2cccnc2Cl)c1. The van der Waals surface area contributed by atoms with Gasteiger partial charge in [-0.05, 0) is 30.2 Å². The smallest absolute Gasteiger partial charge is 0.152 e. The summed E-state index contributed by atoms with van der Waals surface area (Å²) in [5, 5.41) is 3.79. The predicted octanol–water partition coefficient (Wildman–Crippen LogP) is 3.56. The molecule has 0 amide bonds. The first-order valence-electron chi connectivity index (χ1n) is 5.78. The van der Waals surface area contributed by atoms with Crippen molar-refractivity contribution in [1.29, 1.82) is 0 Å². The van der Waals surface area contributed by atoms with Crippen LogP contribution in [0.2, 0.25) is 5.15 Å². The molecule has 2 heterocycles. The van der Waals surface area contributed by atoms with Crippen LogP contribution in [-0.2, 0) is 13.1 Å². The van der Waals surface area contributed by atoms with Gasteiger partial charge >= 0.3 is 0 Å². The molecule has 17 heavy (non-hydrogen) atoms. The quantitative estimate of drug-likeness (QED) is 0.822. The number of aromatic nitrogens is 2. The lowest BCUT2D eigenvalue weighted by Gasteiger charge is -2.05. The molecule has 90 valence electrons. The van der Waals surface area contributed by atoms with Gasteiger partial charge in [0.25, 0.3) is 0 Å². The summed E-state index contributed by atoms with van der Waals surface area (Å²) in [4.78, 5) is 4.02. The highest BCUT2D eigenvalue weighted by molar-refractivity contribution is 6.31. The van der Waals surface area contributed by atoms with Gasteiger partial charge in [-0.25, -0.2) is 4.98 Å². The molecule has 0 saturated carbocycles. The molecule has 2 rings (SSSR count). The van der Waals surface area contributed by atoms with Crippen LogP contribution in [0.5, 0.6) is 0 Å². The predicted molar refractivity (Wildman–Crippen MR) is 71.3 cm³/mol. The van der Waals surface area contributed by atoms with Gasteiger partial charge in [0.05, 0.1) is 5.69 Å². The number of hydrogen-bond acceptors (Lipinski definition) is 2. The van der Waals surface area contributed by atoms with Gasteiger partial charge in [-0.15, -0.1) is 0 Å². The van der Waals surface area contributed by atoms with Gasteiger partial charge in [0, 0.05) is 31.7 Å². The largest absolute Gasteiger partial charge is 0.378 e. The van der Waals surface area contributed by atoms with Gasteiger partial charge in [-0.3, -0.25) is 0 Å². The summed E-state index contributed by atoms with van der Waals surface area (Å²) < 4.78 is 2.20. The Kier molecular flexibility index (Phi) is 4.04. The Morgan fingerprint density at radius 3 is 3.06 bits per heavy atom. The second kappa shape index (κ2) is 5.73. The minimum absolute atomic E-state index is 0.514. The van der Waals surface area contributed by atoms with E-state index < -0.39 is 0 Å². The molecule has 0 aliphatic carbocycles. The van der Waals surface area contributed by atoms with Crippen molar-refractivity contribution in [2.24, 2.45) is 0 Å². The van der Waals surface area contributed by atoms with E-state index in [9.17, 15) is 0 Å². The van der Waals surface area contributed by atoms with E-state index in [1.807, 2.05) is 12.1 Å². The molecule has 2 aromatic rings. The molecular formula is C13H16ClN3. The van der Waals surface area contributed by atoms with Crippen molar-refractivity contribution in [2.75, 3.05) is 5.32 Å². The molecule has 0 spiro atoms. The molecule has 4 heteroatoms. The molecule has 0 aromatic carbocycles. The van der Waals surface area contributed by atoms with Crippen LogP contribution in [-0.4, -0.2) is 9.55 Å². The standard InChI is InChI=1S/C13H16ClN3/c1-2-7-17-8-5-11(10-17)9-16-12-4-3-6-15-13(12)14/h3-6,8,10,16H,2,7,9H2,1H3. The Labute approximate surface area is 106 Å². The van der Waals surface area contributed by atoms with Crippen molar-refractivity contribution in [3.8, 4) is 0 Å². The van der Waals surface area contributed by atoms with E-state index in [4.69, 9.17) is 11.6 Å². The number of rotatable bonds is 5. The fraction of sp³-hybridized carbons (Fsp3) is 0.308. The van der Waals surface area contributed by atoms with Crippen LogP contribution in [0.4, 0.5) is 5.69 Å². The lowest BCUT2D eigenvalue weighted by atomic mass is 10.3. The second-order valence-electron chi connectivity index (χ2n) is 3.95. The molecule has 0 unspecified atom stereocenters. The Morgan fingerprint density at radius 1 is 1.41 bits per heavy atom. The van der Waals surface area contributed by atoms with Crippen LogP contribution in [0.25, 0.3) is 0 Å². The summed E-state index contributed by atoms with van der Waals surface area (Å²) in [6, 6.07) is 5.92. The number of halogens is 1. The van der Waals surface area contributed by atoms with E-state index in [0.29, 0.717) is 5.15 Å². The normalized spacial score (nSPS) is 10.5. The van der Waals surface area contributed by atoms with Crippen LogP contribution in [0.15, 0.2) is 36.8 Å². The van der Waals surface area contributed by atoms with Gasteiger partial charge in [-0.2, -0.15) is 0 Å². The van der Waals surface area contributed by atoms with E-state index in [2.05, 4.69) is 40.3 Å². The fourth-order valence-electron chi connectivity index (χ4n) is 1.71. The molecule has 2 aromatic heterocycles. The Balaban J connectivity index is 1.95. The van der Waals surface area contributed by atoms with E-state index in [1.165, 1.54) is 5.56 Å². The number of pyridine rings is 1. The minimum atomic E-state index is 0.514. The van der Waals surface area contributed by atoms with Gasteiger partial charge in [-0.1, -0.05) is 18.5 Å². The maximum atomic E-state index is 5.97. The van der Waals surface area contributed by atoms with Gasteiger partial charge in [0.1, 0.15) is 0 Å². The highest BCUT2D eigenvalue weighted by atomic mass is 35.5. The maximum absolute atomic E-state index is 5.97. The topological polar surface area (TPSA) is 29.9 Å². The summed E-state index contributed by atoms with van der Waals surface area (Å²) in [6.45, 7) is 4.00. The van der Waals surface area contributed by atoms with Gasteiger partial charge < -0.3 is 9.88 Å². The summed E-state index contributed by atoms with van der Waals surface area (Å²) in [6.07, 6.45) is 7.09. The van der Waals surface area contributed by atoms with E-state index in [0.717, 1.165) is 25.2 Å². The first-order chi connectivity index (χ1) is 8.29. The molecule has 0 atom stereocenters. The van der Waals surface area contributed by atoms with E-state index in [1.54, 1.807) is 6.20 Å². The number of hydrogen-bond donors (Lipinski definition) is 1. The lowest BCUT2D eigenvalue weighted by Crippen LogP contribution is -2.00. The molecule has 3 nitrogen and oxygen atoms in total. The summed E-state index contributed by atoms with van der Waals surface area (Å²) in [5.74, 6) is 0. The number of anilines is 1. The zero-order valence-corrected chi connectivity index (χ0v) is 10.6. The van der Waals surface area contributed by atoms with Crippen molar-refractivity contribution < 1.29 is 0 Å². The maximum Gasteiger partial charge on any atom is 0.152 e. The monoisotopic (exact) mass is 249 g/mol. The second-order valence-corrected chi connectivity index (χ2v) is 4.31. The highest BCUT2D eigenvalue weighted by Crippen LogP contribution is 2.18. The molecule has 0 radical (unpaired) electrons. The zero-order chi connectivity index (χ0) is 12.1. The summed E-state index contributed by atoms with van der Waals surface area (Å²) in [5.41, 5.74) is 2.12. The third-order valence-corrected chi connectivity index (χ3v) is 2.84. The molecule has 0 aliphatic rings. The van der Waals surface area contributed by atoms with Crippen LogP contribution in [0.3, 0.4) is 0 Å². The van der Waals surface area contributed by atoms with Crippen LogP contribution in [0.1, 0.15) is 18.9 Å². The molecule has 0 saturated heterocycles. The van der Waals surface area contributed by atoms with Crippen LogP contribution >= 0.6 is 11.6 Å². The van der Waals surface area contributed by atoms with E-state index >= 15 is 0 Å². The van der Waals surface area contributed by atoms with Crippen molar-refractivity contribution in [1.82, 2.24) is 9.55 Å².